The Labute approximate surface area is 86.8 Å². The van der Waals surface area contributed by atoms with Gasteiger partial charge in [0.25, 0.3) is 0 Å². The first-order chi connectivity index (χ1) is 6.90. The molecule has 0 aromatic heterocycles. The molecule has 0 nitrogen and oxygen atoms in total. The smallest absolute Gasteiger partial charge is 0.0199 e. The van der Waals surface area contributed by atoms with Crippen molar-refractivity contribution in [3.8, 4) is 0 Å². The molecular weight excluding hydrogens is 168 g/mol. The lowest BCUT2D eigenvalue weighted by Gasteiger charge is -2.47. The lowest BCUT2D eigenvalue weighted by Crippen LogP contribution is -2.41. The molecule has 0 bridgehead atoms. The van der Waals surface area contributed by atoms with Crippen molar-refractivity contribution < 1.29 is 0 Å². The summed E-state index contributed by atoms with van der Waals surface area (Å²) in [6, 6.07) is 0. The van der Waals surface area contributed by atoms with Crippen LogP contribution in [0.15, 0.2) is 12.7 Å². The lowest BCUT2D eigenvalue weighted by atomic mass is 9.57. The van der Waals surface area contributed by atoms with Gasteiger partial charge in [0.1, 0.15) is 0 Å². The number of hydrogen-bond acceptors (Lipinski definition) is 0. The van der Waals surface area contributed by atoms with Gasteiger partial charge in [-0.2, -0.15) is 0 Å². The minimum Gasteiger partial charge on any atom is -0.103 e. The molecule has 6 unspecified atom stereocenters. The summed E-state index contributed by atoms with van der Waals surface area (Å²) < 4.78 is 0. The molecule has 4 aliphatic rings. The van der Waals surface area contributed by atoms with Gasteiger partial charge < -0.3 is 0 Å². The van der Waals surface area contributed by atoms with E-state index in [1.807, 2.05) is 0 Å². The van der Waals surface area contributed by atoms with Crippen molar-refractivity contribution in [3.05, 3.63) is 12.7 Å². The highest BCUT2D eigenvalue weighted by molar-refractivity contribution is 5.17. The van der Waals surface area contributed by atoms with Gasteiger partial charge in [0.2, 0.25) is 0 Å². The van der Waals surface area contributed by atoms with Crippen molar-refractivity contribution in [3.63, 3.8) is 0 Å². The predicted molar refractivity (Wildman–Crippen MR) is 57.7 cm³/mol. The van der Waals surface area contributed by atoms with E-state index in [9.17, 15) is 0 Å². The van der Waals surface area contributed by atoms with Crippen LogP contribution in [0, 0.1) is 41.4 Å². The van der Waals surface area contributed by atoms with Gasteiger partial charge in [-0.25, -0.2) is 0 Å². The number of rotatable bonds is 2. The zero-order valence-electron chi connectivity index (χ0n) is 8.86. The molecule has 14 heavy (non-hydrogen) atoms. The maximum absolute atomic E-state index is 4.00. The van der Waals surface area contributed by atoms with Gasteiger partial charge in [-0.05, 0) is 54.3 Å². The average Bonchev–Trinajstić information content (AvgIpc) is 2.73. The van der Waals surface area contributed by atoms with Gasteiger partial charge in [-0.1, -0.05) is 25.3 Å². The average molecular weight is 188 g/mol. The maximum Gasteiger partial charge on any atom is -0.0199 e. The molecule has 0 N–H and O–H groups in total. The molecule has 4 fully saturated rings. The summed E-state index contributed by atoms with van der Waals surface area (Å²) in [5.74, 6) is 7.83. The summed E-state index contributed by atoms with van der Waals surface area (Å²) in [5, 5.41) is 0. The van der Waals surface area contributed by atoms with Gasteiger partial charge in [0.05, 0.1) is 0 Å². The third-order valence-electron chi connectivity index (χ3n) is 5.90. The van der Waals surface area contributed by atoms with Crippen molar-refractivity contribution in [1.82, 2.24) is 0 Å². The first-order valence-corrected chi connectivity index (χ1v) is 6.52. The fourth-order valence-corrected chi connectivity index (χ4v) is 5.01. The second-order valence-corrected chi connectivity index (χ2v) is 6.21. The second kappa shape index (κ2) is 2.46. The van der Waals surface area contributed by atoms with Gasteiger partial charge >= 0.3 is 0 Å². The van der Waals surface area contributed by atoms with E-state index in [1.165, 1.54) is 24.7 Å². The van der Waals surface area contributed by atoms with Gasteiger partial charge in [-0.15, -0.1) is 6.58 Å². The van der Waals surface area contributed by atoms with E-state index in [0.29, 0.717) is 0 Å². The molecule has 6 atom stereocenters. The van der Waals surface area contributed by atoms with E-state index in [1.54, 1.807) is 19.3 Å². The van der Waals surface area contributed by atoms with Crippen LogP contribution in [0.3, 0.4) is 0 Å². The van der Waals surface area contributed by atoms with Crippen molar-refractivity contribution in [1.29, 1.82) is 0 Å². The largest absolute Gasteiger partial charge is 0.103 e. The first-order valence-electron chi connectivity index (χ1n) is 6.52. The van der Waals surface area contributed by atoms with Crippen LogP contribution in [0.2, 0.25) is 0 Å². The van der Waals surface area contributed by atoms with Crippen LogP contribution in [0.5, 0.6) is 0 Å². The minimum absolute atomic E-state index is 0.917. The van der Waals surface area contributed by atoms with E-state index in [4.69, 9.17) is 0 Å². The van der Waals surface area contributed by atoms with E-state index >= 15 is 0 Å². The lowest BCUT2D eigenvalue weighted by molar-refractivity contribution is 0.0285. The minimum atomic E-state index is 0.917. The predicted octanol–water partition coefficient (Wildman–Crippen LogP) is 3.49. The Morgan fingerprint density at radius 3 is 2.36 bits per heavy atom. The summed E-state index contributed by atoms with van der Waals surface area (Å²) in [5.41, 5.74) is 0. The highest BCUT2D eigenvalue weighted by atomic mass is 14.7. The normalized spacial score (nSPS) is 59.4. The molecule has 4 saturated carbocycles. The van der Waals surface area contributed by atoms with Crippen LogP contribution in [0.4, 0.5) is 0 Å². The van der Waals surface area contributed by atoms with E-state index in [2.05, 4.69) is 12.7 Å². The fraction of sp³-hybridized carbons (Fsp3) is 0.857. The Morgan fingerprint density at radius 2 is 1.71 bits per heavy atom. The van der Waals surface area contributed by atoms with E-state index in [0.717, 1.165) is 29.6 Å². The van der Waals surface area contributed by atoms with Crippen LogP contribution in [0.1, 0.15) is 32.1 Å². The molecule has 0 aromatic carbocycles. The van der Waals surface area contributed by atoms with Crippen LogP contribution in [0.25, 0.3) is 0 Å². The Balaban J connectivity index is 1.57. The Morgan fingerprint density at radius 1 is 0.929 bits per heavy atom. The van der Waals surface area contributed by atoms with Crippen LogP contribution in [-0.2, 0) is 0 Å². The molecule has 4 aliphatic carbocycles. The topological polar surface area (TPSA) is 0 Å². The summed E-state index contributed by atoms with van der Waals surface area (Å²) in [6.45, 7) is 4.00. The number of allylic oxidation sites excluding steroid dienone is 1. The first kappa shape index (κ1) is 7.96. The Kier molecular flexibility index (Phi) is 1.40. The van der Waals surface area contributed by atoms with Crippen molar-refractivity contribution in [2.75, 3.05) is 0 Å². The highest BCUT2D eigenvalue weighted by Crippen LogP contribution is 2.73. The summed E-state index contributed by atoms with van der Waals surface area (Å²) in [6.07, 6.45) is 10.0. The summed E-state index contributed by atoms with van der Waals surface area (Å²) in [7, 11) is 0. The van der Waals surface area contributed by atoms with Crippen molar-refractivity contribution in [2.24, 2.45) is 41.4 Å². The molecular formula is C14H20. The molecule has 0 heterocycles. The Bertz CT molecular complexity index is 276. The molecule has 0 heteroatoms. The number of fused-ring (bicyclic) bond motifs is 3. The molecule has 0 amide bonds. The third kappa shape index (κ3) is 0.777. The molecule has 0 aromatic rings. The van der Waals surface area contributed by atoms with Crippen LogP contribution < -0.4 is 0 Å². The highest BCUT2D eigenvalue weighted by Gasteiger charge is 2.66. The van der Waals surface area contributed by atoms with Gasteiger partial charge in [-0.3, -0.25) is 0 Å². The van der Waals surface area contributed by atoms with Crippen molar-refractivity contribution in [2.45, 2.75) is 32.1 Å². The standard InChI is InChI=1S/C14H20/c1-2-8-6-12-13(8)10-7-11(10)14(12)9-4-3-5-9/h2,8-14H,1,3-7H2. The SMILES string of the molecule is C=CC1CC2C1C1CC1C2C1CCC1. The molecule has 76 valence electrons. The molecule has 0 saturated heterocycles. The van der Waals surface area contributed by atoms with Crippen molar-refractivity contribution >= 4 is 0 Å². The zero-order chi connectivity index (χ0) is 9.28. The van der Waals surface area contributed by atoms with E-state index < -0.39 is 0 Å². The monoisotopic (exact) mass is 188 g/mol. The van der Waals surface area contributed by atoms with Crippen LogP contribution in [-0.4, -0.2) is 0 Å². The molecule has 4 rings (SSSR count). The summed E-state index contributed by atoms with van der Waals surface area (Å²) >= 11 is 0. The van der Waals surface area contributed by atoms with E-state index in [-0.39, 0.29) is 0 Å². The molecule has 0 aliphatic heterocycles. The third-order valence-corrected chi connectivity index (χ3v) is 5.90. The number of hydrogen-bond donors (Lipinski definition) is 0. The molecule has 0 radical (unpaired) electrons. The maximum atomic E-state index is 4.00. The zero-order valence-corrected chi connectivity index (χ0v) is 8.86. The van der Waals surface area contributed by atoms with Gasteiger partial charge in [0.15, 0.2) is 0 Å². The van der Waals surface area contributed by atoms with Crippen LogP contribution >= 0.6 is 0 Å². The molecule has 0 spiro atoms. The van der Waals surface area contributed by atoms with Gasteiger partial charge in [0, 0.05) is 0 Å². The summed E-state index contributed by atoms with van der Waals surface area (Å²) in [4.78, 5) is 0. The Hall–Kier alpha value is -0.260. The fourth-order valence-electron chi connectivity index (χ4n) is 5.01. The second-order valence-electron chi connectivity index (χ2n) is 6.21. The quantitative estimate of drug-likeness (QED) is 0.582.